The first-order valence-corrected chi connectivity index (χ1v) is 6.73. The number of nitrogens with zero attached hydrogens (tertiary/aromatic N) is 1. The number of hydrogen-bond acceptors (Lipinski definition) is 5. The van der Waals surface area contributed by atoms with Gasteiger partial charge in [-0.1, -0.05) is 12.1 Å². The Kier molecular flexibility index (Phi) is 3.30. The summed E-state index contributed by atoms with van der Waals surface area (Å²) >= 11 is 0. The first kappa shape index (κ1) is 13.2. The van der Waals surface area contributed by atoms with Crippen molar-refractivity contribution in [3.8, 4) is 5.75 Å². The van der Waals surface area contributed by atoms with Gasteiger partial charge in [0.1, 0.15) is 10.6 Å². The van der Waals surface area contributed by atoms with Crippen LogP contribution in [0.5, 0.6) is 5.75 Å². The molecule has 6 nitrogen and oxygen atoms in total. The summed E-state index contributed by atoms with van der Waals surface area (Å²) in [5.74, 6) is -0.162. The summed E-state index contributed by atoms with van der Waals surface area (Å²) in [7, 11) is -4.17. The average molecular weight is 281 g/mol. The van der Waals surface area contributed by atoms with Crippen LogP contribution in [-0.2, 0) is 10.1 Å². The van der Waals surface area contributed by atoms with Crippen molar-refractivity contribution < 1.29 is 17.8 Å². The van der Waals surface area contributed by atoms with Gasteiger partial charge in [-0.15, -0.1) is 4.73 Å². The molecule has 2 aromatic rings. The zero-order chi connectivity index (χ0) is 14.0. The fourth-order valence-corrected chi connectivity index (χ4v) is 2.28. The zero-order valence-corrected chi connectivity index (χ0v) is 10.8. The normalized spacial score (nSPS) is 11.2. The quantitative estimate of drug-likeness (QED) is 0.894. The SMILES string of the molecule is Cc1ccc(S(=O)(=O)On2ccccc2=O)cc1O. The van der Waals surface area contributed by atoms with Crippen molar-refractivity contribution >= 4 is 10.1 Å². The van der Waals surface area contributed by atoms with Crippen LogP contribution in [0.4, 0.5) is 0 Å². The van der Waals surface area contributed by atoms with E-state index in [0.717, 1.165) is 6.07 Å². The van der Waals surface area contributed by atoms with Crippen LogP contribution in [0.2, 0.25) is 0 Å². The molecule has 1 aromatic heterocycles. The number of aryl methyl sites for hydroxylation is 1. The van der Waals surface area contributed by atoms with E-state index in [-0.39, 0.29) is 10.6 Å². The number of benzene rings is 1. The molecule has 0 fully saturated rings. The van der Waals surface area contributed by atoms with E-state index in [2.05, 4.69) is 4.28 Å². The van der Waals surface area contributed by atoms with Gasteiger partial charge in [-0.05, 0) is 24.6 Å². The second kappa shape index (κ2) is 4.77. The minimum Gasteiger partial charge on any atom is -0.508 e. The van der Waals surface area contributed by atoms with Gasteiger partial charge in [0.2, 0.25) is 0 Å². The Bertz CT molecular complexity index is 764. The Labute approximate surface area is 109 Å². The number of pyridine rings is 1. The van der Waals surface area contributed by atoms with E-state index in [1.807, 2.05) is 0 Å². The van der Waals surface area contributed by atoms with E-state index in [1.54, 1.807) is 6.92 Å². The topological polar surface area (TPSA) is 85.6 Å². The molecule has 1 heterocycles. The third kappa shape index (κ3) is 2.76. The van der Waals surface area contributed by atoms with Gasteiger partial charge in [-0.25, -0.2) is 0 Å². The number of aromatic nitrogens is 1. The van der Waals surface area contributed by atoms with E-state index in [1.165, 1.54) is 36.5 Å². The van der Waals surface area contributed by atoms with Crippen LogP contribution in [0.25, 0.3) is 0 Å². The molecule has 1 N–H and O–H groups in total. The van der Waals surface area contributed by atoms with Gasteiger partial charge in [0.05, 0.1) is 0 Å². The van der Waals surface area contributed by atoms with E-state index in [9.17, 15) is 18.3 Å². The lowest BCUT2D eigenvalue weighted by molar-refractivity contribution is 0.267. The minimum atomic E-state index is -4.17. The van der Waals surface area contributed by atoms with Crippen molar-refractivity contribution in [3.63, 3.8) is 0 Å². The van der Waals surface area contributed by atoms with Crippen molar-refractivity contribution in [2.24, 2.45) is 0 Å². The summed E-state index contributed by atoms with van der Waals surface area (Å²) < 4.78 is 29.1. The summed E-state index contributed by atoms with van der Waals surface area (Å²) in [6, 6.07) is 7.90. The van der Waals surface area contributed by atoms with Crippen LogP contribution in [0, 0.1) is 6.92 Å². The maximum Gasteiger partial charge on any atom is 0.357 e. The molecule has 0 radical (unpaired) electrons. The highest BCUT2D eigenvalue weighted by molar-refractivity contribution is 7.87. The van der Waals surface area contributed by atoms with Crippen LogP contribution < -0.4 is 9.84 Å². The summed E-state index contributed by atoms with van der Waals surface area (Å²) in [5.41, 5.74) is -0.0711. The van der Waals surface area contributed by atoms with E-state index >= 15 is 0 Å². The fourth-order valence-electron chi connectivity index (χ4n) is 1.37. The molecule has 19 heavy (non-hydrogen) atoms. The minimum absolute atomic E-state index is 0.162. The second-order valence-electron chi connectivity index (χ2n) is 3.84. The molecule has 0 bridgehead atoms. The third-order valence-electron chi connectivity index (χ3n) is 2.44. The van der Waals surface area contributed by atoms with Crippen molar-refractivity contribution in [1.29, 1.82) is 0 Å². The molecule has 0 unspecified atom stereocenters. The molecule has 0 spiro atoms. The molecule has 1 aromatic carbocycles. The van der Waals surface area contributed by atoms with Gasteiger partial charge < -0.3 is 5.11 Å². The van der Waals surface area contributed by atoms with Gasteiger partial charge in [0, 0.05) is 18.3 Å². The van der Waals surface area contributed by atoms with E-state index in [0.29, 0.717) is 10.3 Å². The van der Waals surface area contributed by atoms with Crippen LogP contribution in [-0.4, -0.2) is 18.3 Å². The van der Waals surface area contributed by atoms with Gasteiger partial charge in [0.25, 0.3) is 5.56 Å². The van der Waals surface area contributed by atoms with Crippen molar-refractivity contribution in [2.75, 3.05) is 0 Å². The van der Waals surface area contributed by atoms with Crippen LogP contribution in [0.15, 0.2) is 52.3 Å². The third-order valence-corrected chi connectivity index (χ3v) is 3.62. The molecule has 0 aliphatic rings. The molecule has 2 rings (SSSR count). The van der Waals surface area contributed by atoms with Gasteiger partial charge in [-0.3, -0.25) is 9.08 Å². The molecular formula is C12H11NO5S. The Hall–Kier alpha value is -2.28. The van der Waals surface area contributed by atoms with Gasteiger partial charge >= 0.3 is 10.1 Å². The molecule has 0 amide bonds. The number of phenolic OH excluding ortho intramolecular Hbond substituents is 1. The van der Waals surface area contributed by atoms with Crippen LogP contribution >= 0.6 is 0 Å². The Morgan fingerprint density at radius 3 is 2.58 bits per heavy atom. The smallest absolute Gasteiger partial charge is 0.357 e. The van der Waals surface area contributed by atoms with Crippen molar-refractivity contribution in [2.45, 2.75) is 11.8 Å². The monoisotopic (exact) mass is 281 g/mol. The van der Waals surface area contributed by atoms with Crippen molar-refractivity contribution in [3.05, 3.63) is 58.5 Å². The van der Waals surface area contributed by atoms with Crippen LogP contribution in [0.1, 0.15) is 5.56 Å². The Balaban J connectivity index is 2.41. The number of rotatable bonds is 3. The molecule has 100 valence electrons. The number of aromatic hydroxyl groups is 1. The highest BCUT2D eigenvalue weighted by Gasteiger charge is 2.18. The van der Waals surface area contributed by atoms with E-state index < -0.39 is 15.7 Å². The molecule has 0 saturated heterocycles. The average Bonchev–Trinajstić information content (AvgIpc) is 2.35. The fraction of sp³-hybridized carbons (Fsp3) is 0.0833. The van der Waals surface area contributed by atoms with Crippen LogP contribution in [0.3, 0.4) is 0 Å². The molecule has 0 atom stereocenters. The van der Waals surface area contributed by atoms with Crippen molar-refractivity contribution in [1.82, 2.24) is 4.73 Å². The lowest BCUT2D eigenvalue weighted by Gasteiger charge is -2.08. The Morgan fingerprint density at radius 1 is 1.21 bits per heavy atom. The number of hydrogen-bond donors (Lipinski definition) is 1. The molecule has 0 aliphatic heterocycles. The summed E-state index contributed by atoms with van der Waals surface area (Å²) in [6.45, 7) is 1.63. The standard InChI is InChI=1S/C12H11NO5S/c1-9-5-6-10(8-11(9)14)19(16,17)18-13-7-3-2-4-12(13)15/h2-8,14H,1H3. The second-order valence-corrected chi connectivity index (χ2v) is 5.37. The predicted molar refractivity (Wildman–Crippen MR) is 67.3 cm³/mol. The lowest BCUT2D eigenvalue weighted by atomic mass is 10.2. The molecular weight excluding hydrogens is 270 g/mol. The predicted octanol–water partition coefficient (Wildman–Crippen LogP) is 0.680. The summed E-state index contributed by atoms with van der Waals surface area (Å²) in [5, 5.41) is 9.50. The first-order chi connectivity index (χ1) is 8.90. The van der Waals surface area contributed by atoms with Gasteiger partial charge in [-0.2, -0.15) is 8.42 Å². The molecule has 7 heteroatoms. The van der Waals surface area contributed by atoms with E-state index in [4.69, 9.17) is 0 Å². The number of phenols is 1. The maximum atomic E-state index is 11.9. The maximum absolute atomic E-state index is 11.9. The molecule has 0 aliphatic carbocycles. The zero-order valence-electron chi connectivity index (χ0n) is 9.98. The highest BCUT2D eigenvalue weighted by atomic mass is 32.2. The first-order valence-electron chi connectivity index (χ1n) is 5.32. The highest BCUT2D eigenvalue weighted by Crippen LogP contribution is 2.20. The largest absolute Gasteiger partial charge is 0.508 e. The summed E-state index contributed by atoms with van der Waals surface area (Å²) in [4.78, 5) is 11.1. The Morgan fingerprint density at radius 2 is 1.95 bits per heavy atom. The lowest BCUT2D eigenvalue weighted by Crippen LogP contribution is -2.29. The van der Waals surface area contributed by atoms with Gasteiger partial charge in [0.15, 0.2) is 0 Å². The molecule has 0 saturated carbocycles. The summed E-state index contributed by atoms with van der Waals surface area (Å²) in [6.07, 6.45) is 1.19.